The molecule has 1 aliphatic heterocycles. The Balaban J connectivity index is 2.02. The van der Waals surface area contributed by atoms with Crippen LogP contribution in [0.5, 0.6) is 0 Å². The maximum atomic E-state index is 5.72. The zero-order valence-electron chi connectivity index (χ0n) is 7.40. The summed E-state index contributed by atoms with van der Waals surface area (Å²) >= 11 is 6.96. The topological polar surface area (TPSA) is 32.3 Å². The van der Waals surface area contributed by atoms with Gasteiger partial charge in [0.2, 0.25) is 10.4 Å². The van der Waals surface area contributed by atoms with E-state index in [2.05, 4.69) is 26.2 Å². The molecule has 0 bridgehead atoms. The number of likely N-dealkylation sites (N-methyl/N-ethyl adjacent to an activating group) is 1. The maximum Gasteiger partial charge on any atom is 0.238 e. The molecule has 6 heteroatoms. The second kappa shape index (κ2) is 3.77. The molecule has 1 saturated heterocycles. The van der Waals surface area contributed by atoms with Crippen LogP contribution < -0.4 is 4.90 Å². The Morgan fingerprint density at radius 2 is 2.00 bits per heavy atom. The van der Waals surface area contributed by atoms with Crippen molar-refractivity contribution in [3.8, 4) is 0 Å². The Kier molecular flexibility index (Phi) is 2.66. The minimum absolute atomic E-state index is 0.522. The van der Waals surface area contributed by atoms with E-state index < -0.39 is 0 Å². The molecule has 0 spiro atoms. The number of hydrogen-bond donors (Lipinski definition) is 0. The number of nitrogens with zero attached hydrogens (tertiary/aromatic N) is 4. The van der Waals surface area contributed by atoms with E-state index in [0.717, 1.165) is 32.1 Å². The molecule has 0 unspecified atom stereocenters. The number of anilines is 1. The van der Waals surface area contributed by atoms with E-state index in [1.165, 1.54) is 11.5 Å². The summed E-state index contributed by atoms with van der Waals surface area (Å²) in [5.74, 6) is 0.781. The van der Waals surface area contributed by atoms with Gasteiger partial charge >= 0.3 is 0 Å². The largest absolute Gasteiger partial charge is 0.337 e. The quantitative estimate of drug-likeness (QED) is 0.703. The maximum absolute atomic E-state index is 5.72. The number of rotatable bonds is 1. The van der Waals surface area contributed by atoms with E-state index in [0.29, 0.717) is 4.47 Å². The van der Waals surface area contributed by atoms with Crippen molar-refractivity contribution in [2.75, 3.05) is 38.1 Å². The van der Waals surface area contributed by atoms with Gasteiger partial charge in [-0.15, -0.1) is 0 Å². The molecule has 0 aliphatic carbocycles. The van der Waals surface area contributed by atoms with Gasteiger partial charge in [0.25, 0.3) is 0 Å². The van der Waals surface area contributed by atoms with Crippen molar-refractivity contribution in [1.29, 1.82) is 0 Å². The molecule has 2 heterocycles. The molecule has 2 rings (SSSR count). The first kappa shape index (κ1) is 9.18. The van der Waals surface area contributed by atoms with Crippen LogP contribution in [0.15, 0.2) is 0 Å². The summed E-state index contributed by atoms with van der Waals surface area (Å²) in [4.78, 5) is 8.60. The Hall–Kier alpha value is -0.390. The van der Waals surface area contributed by atoms with E-state index in [-0.39, 0.29) is 0 Å². The smallest absolute Gasteiger partial charge is 0.238 e. The fraction of sp³-hybridized carbons (Fsp3) is 0.714. The van der Waals surface area contributed by atoms with Crippen molar-refractivity contribution in [1.82, 2.24) is 14.3 Å². The number of halogens is 1. The van der Waals surface area contributed by atoms with E-state index in [1.807, 2.05) is 0 Å². The second-order valence-electron chi connectivity index (χ2n) is 3.14. The van der Waals surface area contributed by atoms with Crippen LogP contribution >= 0.6 is 23.1 Å². The molecule has 0 atom stereocenters. The Bertz CT molecular complexity index is 282. The van der Waals surface area contributed by atoms with Gasteiger partial charge in [0, 0.05) is 37.7 Å². The zero-order valence-corrected chi connectivity index (χ0v) is 8.98. The Morgan fingerprint density at radius 3 is 2.54 bits per heavy atom. The number of aromatic nitrogens is 2. The average molecular weight is 219 g/mol. The van der Waals surface area contributed by atoms with Crippen LogP contribution in [0.2, 0.25) is 4.47 Å². The molecule has 72 valence electrons. The lowest BCUT2D eigenvalue weighted by Crippen LogP contribution is -2.44. The van der Waals surface area contributed by atoms with Crippen molar-refractivity contribution in [2.24, 2.45) is 0 Å². The standard InChI is InChI=1S/C7H11ClN4S/c1-11-2-4-12(5-3-11)7-9-6(8)13-10-7/h2-5H2,1H3. The first-order valence-corrected chi connectivity index (χ1v) is 5.33. The van der Waals surface area contributed by atoms with Crippen molar-refractivity contribution in [3.05, 3.63) is 4.47 Å². The molecule has 1 aliphatic rings. The van der Waals surface area contributed by atoms with Gasteiger partial charge in [0.05, 0.1) is 0 Å². The van der Waals surface area contributed by atoms with Crippen LogP contribution in [0.25, 0.3) is 0 Å². The molecule has 0 saturated carbocycles. The molecule has 1 aromatic heterocycles. The SMILES string of the molecule is CN1CCN(c2nsc(Cl)n2)CC1. The molecular weight excluding hydrogens is 208 g/mol. The summed E-state index contributed by atoms with van der Waals surface area (Å²) in [6, 6.07) is 0. The highest BCUT2D eigenvalue weighted by Crippen LogP contribution is 2.18. The molecule has 1 fully saturated rings. The fourth-order valence-corrected chi connectivity index (χ4v) is 1.95. The Morgan fingerprint density at radius 1 is 1.31 bits per heavy atom. The highest BCUT2D eigenvalue weighted by Gasteiger charge is 2.17. The van der Waals surface area contributed by atoms with Gasteiger partial charge < -0.3 is 9.80 Å². The summed E-state index contributed by atoms with van der Waals surface area (Å²) in [6.45, 7) is 4.11. The first-order chi connectivity index (χ1) is 6.25. The minimum atomic E-state index is 0.522. The predicted octanol–water partition coefficient (Wildman–Crippen LogP) is 0.943. The molecule has 1 aromatic rings. The van der Waals surface area contributed by atoms with Gasteiger partial charge in [-0.2, -0.15) is 9.36 Å². The molecule has 0 amide bonds. The fourth-order valence-electron chi connectivity index (χ4n) is 1.33. The van der Waals surface area contributed by atoms with Crippen LogP contribution in [-0.4, -0.2) is 47.5 Å². The highest BCUT2D eigenvalue weighted by atomic mass is 35.5. The van der Waals surface area contributed by atoms with E-state index >= 15 is 0 Å². The monoisotopic (exact) mass is 218 g/mol. The van der Waals surface area contributed by atoms with Crippen molar-refractivity contribution < 1.29 is 0 Å². The summed E-state index contributed by atoms with van der Waals surface area (Å²) < 4.78 is 4.69. The van der Waals surface area contributed by atoms with E-state index in [1.54, 1.807) is 0 Å². The second-order valence-corrected chi connectivity index (χ2v) is 4.47. The third-order valence-electron chi connectivity index (χ3n) is 2.18. The normalized spacial score (nSPS) is 19.4. The summed E-state index contributed by atoms with van der Waals surface area (Å²) in [6.07, 6.45) is 0. The average Bonchev–Trinajstić information content (AvgIpc) is 2.53. The van der Waals surface area contributed by atoms with Crippen LogP contribution in [0.3, 0.4) is 0 Å². The van der Waals surface area contributed by atoms with Gasteiger partial charge in [-0.25, -0.2) is 0 Å². The van der Waals surface area contributed by atoms with Gasteiger partial charge in [0.15, 0.2) is 0 Å². The van der Waals surface area contributed by atoms with E-state index in [4.69, 9.17) is 11.6 Å². The van der Waals surface area contributed by atoms with Gasteiger partial charge in [-0.05, 0) is 18.6 Å². The summed E-state index contributed by atoms with van der Waals surface area (Å²) in [7, 11) is 2.12. The number of piperazine rings is 1. The summed E-state index contributed by atoms with van der Waals surface area (Å²) in [5, 5.41) is 0. The Labute approximate surface area is 86.3 Å². The molecule has 0 radical (unpaired) electrons. The van der Waals surface area contributed by atoms with Crippen molar-refractivity contribution in [2.45, 2.75) is 0 Å². The van der Waals surface area contributed by atoms with Crippen LogP contribution in [0.1, 0.15) is 0 Å². The number of hydrogen-bond acceptors (Lipinski definition) is 5. The van der Waals surface area contributed by atoms with Crippen LogP contribution in [0.4, 0.5) is 5.95 Å². The molecular formula is C7H11ClN4S. The van der Waals surface area contributed by atoms with Crippen molar-refractivity contribution >= 4 is 29.1 Å². The van der Waals surface area contributed by atoms with Gasteiger partial charge in [0.1, 0.15) is 0 Å². The molecule has 13 heavy (non-hydrogen) atoms. The minimum Gasteiger partial charge on any atom is -0.337 e. The van der Waals surface area contributed by atoms with Gasteiger partial charge in [-0.1, -0.05) is 0 Å². The third-order valence-corrected chi connectivity index (χ3v) is 2.96. The lowest BCUT2D eigenvalue weighted by Gasteiger charge is -2.31. The van der Waals surface area contributed by atoms with Crippen molar-refractivity contribution in [3.63, 3.8) is 0 Å². The van der Waals surface area contributed by atoms with Crippen LogP contribution in [-0.2, 0) is 0 Å². The highest BCUT2D eigenvalue weighted by molar-refractivity contribution is 7.10. The summed E-state index contributed by atoms with van der Waals surface area (Å²) in [5.41, 5.74) is 0. The first-order valence-electron chi connectivity index (χ1n) is 4.18. The lowest BCUT2D eigenvalue weighted by molar-refractivity contribution is 0.311. The van der Waals surface area contributed by atoms with Crippen LogP contribution in [0, 0.1) is 0 Å². The molecule has 0 N–H and O–H groups in total. The third kappa shape index (κ3) is 2.10. The van der Waals surface area contributed by atoms with Gasteiger partial charge in [-0.3, -0.25) is 0 Å². The lowest BCUT2D eigenvalue weighted by atomic mass is 10.3. The zero-order chi connectivity index (χ0) is 9.26. The van der Waals surface area contributed by atoms with E-state index in [9.17, 15) is 0 Å². The molecule has 4 nitrogen and oxygen atoms in total. The predicted molar refractivity (Wildman–Crippen MR) is 54.6 cm³/mol. The molecule has 0 aromatic carbocycles.